The molecule has 0 saturated carbocycles. The quantitative estimate of drug-likeness (QED) is 0.654. The lowest BCUT2D eigenvalue weighted by Gasteiger charge is -2.18. The molecule has 0 spiro atoms. The number of halogens is 2. The molecule has 0 aliphatic rings. The average molecular weight is 353 g/mol. The fourth-order valence-corrected chi connectivity index (χ4v) is 2.11. The number of hydrogen-bond donors (Lipinski definition) is 1. The smallest absolute Gasteiger partial charge is 0.161 e. The highest BCUT2D eigenvalue weighted by Crippen LogP contribution is 2.27. The van der Waals surface area contributed by atoms with E-state index in [-0.39, 0.29) is 24.8 Å². The first-order chi connectivity index (χ1) is 9.74. The number of likely N-dealkylation sites (N-methyl/N-ethyl adjacent to an activating group) is 1. The highest BCUT2D eigenvalue weighted by Gasteiger charge is 2.05. The molecule has 6 heteroatoms. The van der Waals surface area contributed by atoms with E-state index in [9.17, 15) is 0 Å². The van der Waals surface area contributed by atoms with E-state index >= 15 is 0 Å². The molecule has 0 heterocycles. The van der Waals surface area contributed by atoms with Gasteiger partial charge in [-0.2, -0.15) is 0 Å². The van der Waals surface area contributed by atoms with Gasteiger partial charge in [-0.15, -0.1) is 24.8 Å². The zero-order valence-electron chi connectivity index (χ0n) is 14.1. The van der Waals surface area contributed by atoms with Crippen LogP contribution in [-0.4, -0.2) is 44.8 Å². The lowest BCUT2D eigenvalue weighted by molar-refractivity contribution is 0.301. The van der Waals surface area contributed by atoms with Gasteiger partial charge in [0.05, 0.1) is 13.7 Å². The Morgan fingerprint density at radius 1 is 1.05 bits per heavy atom. The summed E-state index contributed by atoms with van der Waals surface area (Å²) in [6, 6.07) is 6.09. The summed E-state index contributed by atoms with van der Waals surface area (Å²) >= 11 is 0. The Labute approximate surface area is 147 Å². The van der Waals surface area contributed by atoms with Crippen molar-refractivity contribution in [3.05, 3.63) is 23.8 Å². The summed E-state index contributed by atoms with van der Waals surface area (Å²) in [5, 5.41) is 3.47. The molecule has 1 aromatic carbocycles. The molecule has 0 radical (unpaired) electrons. The average Bonchev–Trinajstić information content (AvgIpc) is 2.48. The third-order valence-corrected chi connectivity index (χ3v) is 3.36. The predicted molar refractivity (Wildman–Crippen MR) is 98.2 cm³/mol. The van der Waals surface area contributed by atoms with Crippen LogP contribution >= 0.6 is 24.8 Å². The largest absolute Gasteiger partial charge is 0.493 e. The molecule has 0 aliphatic carbocycles. The van der Waals surface area contributed by atoms with Crippen molar-refractivity contribution in [3.63, 3.8) is 0 Å². The molecule has 0 fully saturated rings. The SMILES string of the molecule is CCOc1cc(CNCCN(CC)CC)ccc1OC.Cl.Cl. The molecule has 22 heavy (non-hydrogen) atoms. The van der Waals surface area contributed by atoms with Gasteiger partial charge in [-0.25, -0.2) is 0 Å². The molecule has 0 unspecified atom stereocenters. The van der Waals surface area contributed by atoms with Crippen LogP contribution in [0.15, 0.2) is 18.2 Å². The van der Waals surface area contributed by atoms with Gasteiger partial charge in [0.15, 0.2) is 11.5 Å². The first kappa shape index (κ1) is 23.6. The second-order valence-corrected chi connectivity index (χ2v) is 4.62. The van der Waals surface area contributed by atoms with Crippen LogP contribution in [0.1, 0.15) is 26.3 Å². The van der Waals surface area contributed by atoms with Crippen LogP contribution in [0.5, 0.6) is 11.5 Å². The van der Waals surface area contributed by atoms with Gasteiger partial charge in [-0.05, 0) is 37.7 Å². The summed E-state index contributed by atoms with van der Waals surface area (Å²) in [5.41, 5.74) is 1.22. The van der Waals surface area contributed by atoms with E-state index in [4.69, 9.17) is 9.47 Å². The second kappa shape index (κ2) is 13.9. The molecule has 130 valence electrons. The molecule has 0 saturated heterocycles. The van der Waals surface area contributed by atoms with E-state index < -0.39 is 0 Å². The van der Waals surface area contributed by atoms with E-state index in [0.29, 0.717) is 6.61 Å². The summed E-state index contributed by atoms with van der Waals surface area (Å²) in [7, 11) is 1.67. The number of hydrogen-bond acceptors (Lipinski definition) is 4. The van der Waals surface area contributed by atoms with Crippen molar-refractivity contribution in [2.45, 2.75) is 27.3 Å². The molecule has 1 rings (SSSR count). The van der Waals surface area contributed by atoms with Gasteiger partial charge < -0.3 is 19.7 Å². The molecular formula is C16H30Cl2N2O2. The Morgan fingerprint density at radius 2 is 1.73 bits per heavy atom. The Kier molecular flexibility index (Phi) is 15.0. The van der Waals surface area contributed by atoms with E-state index in [1.165, 1.54) is 5.56 Å². The monoisotopic (exact) mass is 352 g/mol. The number of nitrogens with one attached hydrogen (secondary N) is 1. The predicted octanol–water partition coefficient (Wildman–Crippen LogP) is 3.37. The molecule has 0 atom stereocenters. The van der Waals surface area contributed by atoms with E-state index in [1.54, 1.807) is 7.11 Å². The Morgan fingerprint density at radius 3 is 2.27 bits per heavy atom. The zero-order valence-corrected chi connectivity index (χ0v) is 15.7. The van der Waals surface area contributed by atoms with Gasteiger partial charge in [-0.3, -0.25) is 0 Å². The maximum absolute atomic E-state index is 5.59. The summed E-state index contributed by atoms with van der Waals surface area (Å²) in [4.78, 5) is 2.41. The number of nitrogens with zero attached hydrogens (tertiary/aromatic N) is 1. The van der Waals surface area contributed by atoms with Crippen molar-refractivity contribution in [2.75, 3.05) is 39.9 Å². The minimum absolute atomic E-state index is 0. The van der Waals surface area contributed by atoms with Crippen LogP contribution in [0, 0.1) is 0 Å². The van der Waals surface area contributed by atoms with Gasteiger partial charge in [0.25, 0.3) is 0 Å². The minimum Gasteiger partial charge on any atom is -0.493 e. The van der Waals surface area contributed by atoms with Gasteiger partial charge in [0.1, 0.15) is 0 Å². The maximum Gasteiger partial charge on any atom is 0.161 e. The first-order valence-corrected chi connectivity index (χ1v) is 7.47. The zero-order chi connectivity index (χ0) is 14.8. The van der Waals surface area contributed by atoms with Crippen molar-refractivity contribution in [1.82, 2.24) is 10.2 Å². The minimum atomic E-state index is 0. The number of ether oxygens (including phenoxy) is 2. The van der Waals surface area contributed by atoms with Crippen molar-refractivity contribution >= 4 is 24.8 Å². The molecule has 0 bridgehead atoms. The fourth-order valence-electron chi connectivity index (χ4n) is 2.11. The lowest BCUT2D eigenvalue weighted by atomic mass is 10.2. The molecule has 4 nitrogen and oxygen atoms in total. The van der Waals surface area contributed by atoms with Crippen LogP contribution < -0.4 is 14.8 Å². The van der Waals surface area contributed by atoms with E-state index in [2.05, 4.69) is 30.1 Å². The lowest BCUT2D eigenvalue weighted by Crippen LogP contribution is -2.31. The third kappa shape index (κ3) is 8.08. The molecule has 0 aromatic heterocycles. The number of rotatable bonds is 10. The fraction of sp³-hybridized carbons (Fsp3) is 0.625. The molecule has 1 aromatic rings. The van der Waals surface area contributed by atoms with Gasteiger partial charge in [-0.1, -0.05) is 19.9 Å². The van der Waals surface area contributed by atoms with Gasteiger partial charge in [0, 0.05) is 19.6 Å². The number of benzene rings is 1. The van der Waals surface area contributed by atoms with Crippen molar-refractivity contribution in [3.8, 4) is 11.5 Å². The number of methoxy groups -OCH3 is 1. The van der Waals surface area contributed by atoms with Crippen molar-refractivity contribution in [1.29, 1.82) is 0 Å². The summed E-state index contributed by atoms with van der Waals surface area (Å²) in [6.07, 6.45) is 0. The Balaban J connectivity index is 0. The van der Waals surface area contributed by atoms with E-state index in [1.807, 2.05) is 19.1 Å². The first-order valence-electron chi connectivity index (χ1n) is 7.47. The molecule has 1 N–H and O–H groups in total. The highest BCUT2D eigenvalue weighted by molar-refractivity contribution is 5.85. The highest BCUT2D eigenvalue weighted by atomic mass is 35.5. The van der Waals surface area contributed by atoms with Crippen LogP contribution in [-0.2, 0) is 6.54 Å². The van der Waals surface area contributed by atoms with Crippen LogP contribution in [0.25, 0.3) is 0 Å². The van der Waals surface area contributed by atoms with Gasteiger partial charge >= 0.3 is 0 Å². The normalized spacial score (nSPS) is 9.86. The molecule has 0 aliphatic heterocycles. The van der Waals surface area contributed by atoms with Crippen LogP contribution in [0.4, 0.5) is 0 Å². The summed E-state index contributed by atoms with van der Waals surface area (Å²) in [5.74, 6) is 1.61. The van der Waals surface area contributed by atoms with Crippen molar-refractivity contribution < 1.29 is 9.47 Å². The molecule has 0 amide bonds. The van der Waals surface area contributed by atoms with Gasteiger partial charge in [0.2, 0.25) is 0 Å². The van der Waals surface area contributed by atoms with Crippen molar-refractivity contribution in [2.24, 2.45) is 0 Å². The van der Waals surface area contributed by atoms with E-state index in [0.717, 1.165) is 44.2 Å². The molecular weight excluding hydrogens is 323 g/mol. The second-order valence-electron chi connectivity index (χ2n) is 4.62. The topological polar surface area (TPSA) is 33.7 Å². The van der Waals surface area contributed by atoms with Crippen LogP contribution in [0.2, 0.25) is 0 Å². The Hall–Kier alpha value is -0.680. The summed E-state index contributed by atoms with van der Waals surface area (Å²) < 4.78 is 10.9. The standard InChI is InChI=1S/C16H28N2O2.2ClH/c1-5-18(6-2)11-10-17-13-14-8-9-15(19-4)16(12-14)20-7-3;;/h8-9,12,17H,5-7,10-11,13H2,1-4H3;2*1H. The maximum atomic E-state index is 5.59. The Bertz CT molecular complexity index is 388. The van der Waals surface area contributed by atoms with Crippen LogP contribution in [0.3, 0.4) is 0 Å². The summed E-state index contributed by atoms with van der Waals surface area (Å²) in [6.45, 7) is 12.2. The third-order valence-electron chi connectivity index (χ3n) is 3.36.